The average molecular weight is 665 g/mol. The zero-order valence-electron chi connectivity index (χ0n) is 28.3. The number of hydrogen-bond donors (Lipinski definition) is 0. The number of benzene rings is 9. The van der Waals surface area contributed by atoms with E-state index in [-0.39, 0.29) is 5.69 Å². The van der Waals surface area contributed by atoms with E-state index < -0.39 is 0 Å². The van der Waals surface area contributed by atoms with Crippen molar-refractivity contribution in [1.29, 1.82) is 0 Å². The molecule has 0 saturated heterocycles. The number of rotatable bonds is 5. The quantitative estimate of drug-likeness (QED) is 0.168. The third-order valence-corrected chi connectivity index (χ3v) is 10.3. The Labute approximate surface area is 300 Å². The van der Waals surface area contributed by atoms with Crippen LogP contribution in [0.5, 0.6) is 0 Å². The SMILES string of the molecule is O=c1n(-c2ccccc2)c2ccccc2n1-c1ccc(-c2c3ccccc3c(-c3ccc4ccccc4c3)c3ccc(-c4ccccc4)cc23)cc1. The molecule has 0 radical (unpaired) electrons. The number of para-hydroxylation sites is 3. The van der Waals surface area contributed by atoms with Crippen molar-refractivity contribution in [2.45, 2.75) is 0 Å². The Balaban J connectivity index is 1.22. The van der Waals surface area contributed by atoms with Crippen LogP contribution in [0.2, 0.25) is 0 Å². The first-order valence-corrected chi connectivity index (χ1v) is 17.6. The summed E-state index contributed by atoms with van der Waals surface area (Å²) in [6.07, 6.45) is 0. The number of imidazole rings is 1. The molecular formula is C49H32N2O. The topological polar surface area (TPSA) is 26.9 Å². The van der Waals surface area contributed by atoms with Gasteiger partial charge in [0, 0.05) is 0 Å². The monoisotopic (exact) mass is 664 g/mol. The lowest BCUT2D eigenvalue weighted by Crippen LogP contribution is -2.22. The second-order valence-corrected chi connectivity index (χ2v) is 13.3. The fraction of sp³-hybridized carbons (Fsp3) is 0. The predicted octanol–water partition coefficient (Wildman–Crippen LogP) is 12.2. The van der Waals surface area contributed by atoms with E-state index in [9.17, 15) is 4.79 Å². The number of nitrogens with zero attached hydrogens (tertiary/aromatic N) is 2. The fourth-order valence-electron chi connectivity index (χ4n) is 7.96. The zero-order chi connectivity index (χ0) is 34.6. The van der Waals surface area contributed by atoms with Gasteiger partial charge in [0.2, 0.25) is 0 Å². The highest BCUT2D eigenvalue weighted by Crippen LogP contribution is 2.45. The minimum Gasteiger partial charge on any atom is -0.260 e. The van der Waals surface area contributed by atoms with Crippen molar-refractivity contribution in [2.75, 3.05) is 0 Å². The van der Waals surface area contributed by atoms with Crippen molar-refractivity contribution < 1.29 is 0 Å². The van der Waals surface area contributed by atoms with Crippen LogP contribution in [0.15, 0.2) is 199 Å². The summed E-state index contributed by atoms with van der Waals surface area (Å²) in [5, 5.41) is 7.24. The van der Waals surface area contributed by atoms with Gasteiger partial charge in [0.25, 0.3) is 0 Å². The van der Waals surface area contributed by atoms with Gasteiger partial charge in [-0.25, -0.2) is 4.79 Å². The van der Waals surface area contributed by atoms with Gasteiger partial charge >= 0.3 is 5.69 Å². The molecule has 0 aliphatic heterocycles. The summed E-state index contributed by atoms with van der Waals surface area (Å²) in [6, 6.07) is 68.0. The lowest BCUT2D eigenvalue weighted by Gasteiger charge is -2.19. The van der Waals surface area contributed by atoms with Crippen LogP contribution in [-0.4, -0.2) is 9.13 Å². The third kappa shape index (κ3) is 4.79. The Morgan fingerprint density at radius 1 is 0.308 bits per heavy atom. The van der Waals surface area contributed by atoms with Gasteiger partial charge in [-0.3, -0.25) is 9.13 Å². The predicted molar refractivity (Wildman–Crippen MR) is 218 cm³/mol. The Bertz CT molecular complexity index is 3010. The summed E-state index contributed by atoms with van der Waals surface area (Å²) in [6.45, 7) is 0. The summed E-state index contributed by atoms with van der Waals surface area (Å²) < 4.78 is 3.61. The molecular weight excluding hydrogens is 633 g/mol. The standard InChI is InChI=1S/C49H32N2O/c52-49-50(39-17-5-2-6-18-39)45-21-11-12-22-46(45)51(49)40-28-25-35(26-29-40)47-41-19-9-10-20-42(41)48(38-24-23-34-15-7-8-16-36(34)31-38)43-30-27-37(32-44(43)47)33-13-3-1-4-14-33/h1-32H. The minimum absolute atomic E-state index is 0.0942. The van der Waals surface area contributed by atoms with E-state index in [2.05, 4.69) is 140 Å². The van der Waals surface area contributed by atoms with Gasteiger partial charge in [0.15, 0.2) is 0 Å². The first kappa shape index (κ1) is 29.9. The van der Waals surface area contributed by atoms with Gasteiger partial charge in [-0.2, -0.15) is 0 Å². The van der Waals surface area contributed by atoms with E-state index >= 15 is 0 Å². The fourth-order valence-corrected chi connectivity index (χ4v) is 7.96. The van der Waals surface area contributed by atoms with Crippen LogP contribution in [-0.2, 0) is 0 Å². The van der Waals surface area contributed by atoms with Gasteiger partial charge in [0.05, 0.1) is 22.4 Å². The molecule has 0 unspecified atom stereocenters. The highest BCUT2D eigenvalue weighted by Gasteiger charge is 2.19. The van der Waals surface area contributed by atoms with Crippen molar-refractivity contribution in [3.63, 3.8) is 0 Å². The molecule has 10 aromatic rings. The summed E-state index contributed by atoms with van der Waals surface area (Å²) >= 11 is 0. The number of hydrogen-bond acceptors (Lipinski definition) is 1. The highest BCUT2D eigenvalue weighted by molar-refractivity contribution is 6.22. The van der Waals surface area contributed by atoms with Gasteiger partial charge in [-0.05, 0) is 114 Å². The van der Waals surface area contributed by atoms with Crippen LogP contribution in [0.4, 0.5) is 0 Å². The Morgan fingerprint density at radius 2 is 0.808 bits per heavy atom. The van der Waals surface area contributed by atoms with Crippen LogP contribution < -0.4 is 5.69 Å². The Kier molecular flexibility index (Phi) is 6.97. The lowest BCUT2D eigenvalue weighted by atomic mass is 9.84. The second-order valence-electron chi connectivity index (χ2n) is 13.3. The summed E-state index contributed by atoms with van der Waals surface area (Å²) in [4.78, 5) is 14.1. The molecule has 0 spiro atoms. The number of fused-ring (bicyclic) bond motifs is 4. The average Bonchev–Trinajstić information content (AvgIpc) is 3.51. The molecule has 9 aromatic carbocycles. The summed E-state index contributed by atoms with van der Waals surface area (Å²) in [5.74, 6) is 0. The molecule has 3 nitrogen and oxygen atoms in total. The Morgan fingerprint density at radius 3 is 1.50 bits per heavy atom. The van der Waals surface area contributed by atoms with Gasteiger partial charge < -0.3 is 0 Å². The van der Waals surface area contributed by atoms with E-state index in [1.807, 2.05) is 59.2 Å². The zero-order valence-corrected chi connectivity index (χ0v) is 28.3. The van der Waals surface area contributed by atoms with Crippen LogP contribution in [0, 0.1) is 0 Å². The van der Waals surface area contributed by atoms with Crippen molar-refractivity contribution >= 4 is 43.4 Å². The van der Waals surface area contributed by atoms with E-state index in [1.54, 1.807) is 4.57 Å². The highest BCUT2D eigenvalue weighted by atomic mass is 16.1. The molecule has 0 N–H and O–H groups in total. The van der Waals surface area contributed by atoms with Gasteiger partial charge in [-0.1, -0.05) is 146 Å². The summed E-state index contributed by atoms with van der Waals surface area (Å²) in [7, 11) is 0. The van der Waals surface area contributed by atoms with Crippen molar-refractivity contribution in [2.24, 2.45) is 0 Å². The van der Waals surface area contributed by atoms with E-state index in [4.69, 9.17) is 0 Å². The number of aromatic nitrogens is 2. The van der Waals surface area contributed by atoms with Crippen LogP contribution in [0.25, 0.3) is 88.1 Å². The van der Waals surface area contributed by atoms with E-state index in [0.717, 1.165) is 28.0 Å². The second kappa shape index (κ2) is 12.1. The third-order valence-electron chi connectivity index (χ3n) is 10.3. The smallest absolute Gasteiger partial charge is 0.260 e. The summed E-state index contributed by atoms with van der Waals surface area (Å²) in [5.41, 5.74) is 10.4. The van der Waals surface area contributed by atoms with Crippen molar-refractivity contribution in [3.05, 3.63) is 205 Å². The van der Waals surface area contributed by atoms with Crippen molar-refractivity contribution in [1.82, 2.24) is 9.13 Å². The molecule has 3 heteroatoms. The molecule has 244 valence electrons. The maximum Gasteiger partial charge on any atom is 0.338 e. The van der Waals surface area contributed by atoms with Gasteiger partial charge in [0.1, 0.15) is 0 Å². The molecule has 0 saturated carbocycles. The molecule has 10 rings (SSSR count). The maximum atomic E-state index is 14.1. The molecule has 0 amide bonds. The normalized spacial score (nSPS) is 11.5. The first-order valence-electron chi connectivity index (χ1n) is 17.6. The van der Waals surface area contributed by atoms with E-state index in [0.29, 0.717) is 0 Å². The van der Waals surface area contributed by atoms with E-state index in [1.165, 1.54) is 60.1 Å². The largest absolute Gasteiger partial charge is 0.338 e. The molecule has 0 aliphatic rings. The van der Waals surface area contributed by atoms with Gasteiger partial charge in [-0.15, -0.1) is 0 Å². The van der Waals surface area contributed by atoms with Crippen LogP contribution in [0.1, 0.15) is 0 Å². The molecule has 0 aliphatic carbocycles. The van der Waals surface area contributed by atoms with Crippen LogP contribution in [0.3, 0.4) is 0 Å². The molecule has 0 fully saturated rings. The molecule has 1 heterocycles. The lowest BCUT2D eigenvalue weighted by molar-refractivity contribution is 0.931. The molecule has 52 heavy (non-hydrogen) atoms. The maximum absolute atomic E-state index is 14.1. The molecule has 1 aromatic heterocycles. The van der Waals surface area contributed by atoms with Crippen LogP contribution >= 0.6 is 0 Å². The minimum atomic E-state index is -0.0942. The first-order chi connectivity index (χ1) is 25.7. The van der Waals surface area contributed by atoms with Crippen molar-refractivity contribution in [3.8, 4) is 44.8 Å². The molecule has 0 bridgehead atoms. The Hall–Kier alpha value is -6.97. The molecule has 0 atom stereocenters.